The Morgan fingerprint density at radius 1 is 1.24 bits per heavy atom. The molecule has 0 aromatic heterocycles. The minimum absolute atomic E-state index is 0.00805. The molecular weight excluding hydrogens is 412 g/mol. The maximum Gasteiger partial charge on any atom is 0.304 e. The van der Waals surface area contributed by atoms with Crippen LogP contribution in [0.4, 0.5) is 0 Å². The lowest BCUT2D eigenvalue weighted by Crippen LogP contribution is -2.54. The molecule has 2 fully saturated rings. The Hall–Kier alpha value is -1.44. The zero-order chi connectivity index (χ0) is 21.0. The molecule has 0 saturated carbocycles. The van der Waals surface area contributed by atoms with Gasteiger partial charge in [0.05, 0.1) is 12.5 Å². The predicted octanol–water partition coefficient (Wildman–Crippen LogP) is 2.94. The van der Waals surface area contributed by atoms with E-state index in [2.05, 4.69) is 11.8 Å². The Bertz CT molecular complexity index is 748. The van der Waals surface area contributed by atoms with E-state index in [1.165, 1.54) is 0 Å². The van der Waals surface area contributed by atoms with Gasteiger partial charge >= 0.3 is 5.97 Å². The van der Waals surface area contributed by atoms with Gasteiger partial charge in [-0.05, 0) is 37.0 Å². The van der Waals surface area contributed by atoms with Crippen LogP contribution in [0.3, 0.4) is 0 Å². The molecular formula is C21H29ClN2O4S. The molecule has 29 heavy (non-hydrogen) atoms. The van der Waals surface area contributed by atoms with Crippen molar-refractivity contribution in [3.05, 3.63) is 34.9 Å². The number of halogens is 1. The number of hydrogen-bond acceptors (Lipinski definition) is 4. The summed E-state index contributed by atoms with van der Waals surface area (Å²) in [5.74, 6) is -0.121. The number of nitrogens with zero attached hydrogens (tertiary/aromatic N) is 2. The van der Waals surface area contributed by atoms with Crippen LogP contribution in [0.2, 0.25) is 5.02 Å². The minimum Gasteiger partial charge on any atom is -0.481 e. The summed E-state index contributed by atoms with van der Waals surface area (Å²) in [5.41, 5.74) is 1.04. The molecule has 3 atom stereocenters. The molecule has 3 rings (SSSR count). The molecule has 0 aliphatic carbocycles. The second-order valence-corrected chi connectivity index (χ2v) is 10.0. The van der Waals surface area contributed by atoms with Gasteiger partial charge in [-0.25, -0.2) is 0 Å². The highest BCUT2D eigenvalue weighted by atomic mass is 35.5. The highest BCUT2D eigenvalue weighted by molar-refractivity contribution is 7.85. The predicted molar refractivity (Wildman–Crippen MR) is 114 cm³/mol. The van der Waals surface area contributed by atoms with E-state index in [4.69, 9.17) is 11.6 Å². The van der Waals surface area contributed by atoms with Crippen molar-refractivity contribution in [2.24, 2.45) is 5.92 Å². The van der Waals surface area contributed by atoms with Gasteiger partial charge in [0.25, 0.3) is 0 Å². The number of carbonyl (C=O) groups excluding carboxylic acids is 1. The van der Waals surface area contributed by atoms with E-state index >= 15 is 0 Å². The Labute approximate surface area is 179 Å². The van der Waals surface area contributed by atoms with E-state index in [-0.39, 0.29) is 24.4 Å². The standard InChI is InChI=1S/C21H29ClN2O4S/c1-2-18(14-23-9-11-29(28)12-10-23)24-19(15-3-6-17(22)7-4-15)8-5-16(21(24)27)13-20(25)26/h3-4,6-7,16,18-19H,2,5,8-14H2,1H3,(H,25,26). The van der Waals surface area contributed by atoms with Crippen LogP contribution in [-0.2, 0) is 20.4 Å². The second kappa shape index (κ2) is 10.0. The first-order chi connectivity index (χ1) is 13.9. The largest absolute Gasteiger partial charge is 0.481 e. The number of benzene rings is 1. The van der Waals surface area contributed by atoms with E-state index < -0.39 is 22.7 Å². The van der Waals surface area contributed by atoms with E-state index in [9.17, 15) is 18.9 Å². The number of aliphatic carboxylic acids is 1. The van der Waals surface area contributed by atoms with E-state index in [0.29, 0.717) is 22.9 Å². The minimum atomic E-state index is -0.931. The van der Waals surface area contributed by atoms with Crippen LogP contribution in [0.15, 0.2) is 24.3 Å². The summed E-state index contributed by atoms with van der Waals surface area (Å²) in [5, 5.41) is 9.89. The van der Waals surface area contributed by atoms with Gasteiger partial charge in [0.2, 0.25) is 5.91 Å². The fourth-order valence-electron chi connectivity index (χ4n) is 4.40. The number of rotatable bonds is 7. The molecule has 0 spiro atoms. The number of likely N-dealkylation sites (tertiary alicyclic amines) is 1. The fourth-order valence-corrected chi connectivity index (χ4v) is 5.66. The van der Waals surface area contributed by atoms with Crippen LogP contribution in [0, 0.1) is 5.92 Å². The molecule has 6 nitrogen and oxygen atoms in total. The van der Waals surface area contributed by atoms with Gasteiger partial charge in [-0.15, -0.1) is 0 Å². The Morgan fingerprint density at radius 2 is 1.90 bits per heavy atom. The normalized spacial score (nSPS) is 25.2. The highest BCUT2D eigenvalue weighted by Crippen LogP contribution is 2.38. The summed E-state index contributed by atoms with van der Waals surface area (Å²) < 4.78 is 11.7. The van der Waals surface area contributed by atoms with Crippen molar-refractivity contribution >= 4 is 34.3 Å². The van der Waals surface area contributed by atoms with Crippen molar-refractivity contribution in [3.8, 4) is 0 Å². The molecule has 0 radical (unpaired) electrons. The number of carboxylic acids is 1. The van der Waals surface area contributed by atoms with Gasteiger partial charge in [-0.3, -0.25) is 18.7 Å². The zero-order valence-electron chi connectivity index (χ0n) is 16.8. The van der Waals surface area contributed by atoms with Crippen LogP contribution < -0.4 is 0 Å². The Morgan fingerprint density at radius 3 is 2.48 bits per heavy atom. The van der Waals surface area contributed by atoms with Gasteiger partial charge < -0.3 is 10.0 Å². The zero-order valence-corrected chi connectivity index (χ0v) is 18.3. The lowest BCUT2D eigenvalue weighted by molar-refractivity contribution is -0.151. The van der Waals surface area contributed by atoms with Gasteiger partial charge in [-0.2, -0.15) is 0 Å². The summed E-state index contributed by atoms with van der Waals surface area (Å²) in [4.78, 5) is 28.9. The highest BCUT2D eigenvalue weighted by Gasteiger charge is 2.40. The van der Waals surface area contributed by atoms with Crippen LogP contribution in [0.1, 0.15) is 44.2 Å². The molecule has 0 bridgehead atoms. The average Bonchev–Trinajstić information content (AvgIpc) is 2.70. The lowest BCUT2D eigenvalue weighted by atomic mass is 9.85. The van der Waals surface area contributed by atoms with Gasteiger partial charge in [-0.1, -0.05) is 30.7 Å². The third-order valence-corrected chi connectivity index (χ3v) is 7.54. The number of piperidine rings is 1. The molecule has 2 heterocycles. The van der Waals surface area contributed by atoms with Crippen molar-refractivity contribution < 1.29 is 18.9 Å². The molecule has 1 N–H and O–H groups in total. The first-order valence-electron chi connectivity index (χ1n) is 10.3. The second-order valence-electron chi connectivity index (χ2n) is 7.90. The van der Waals surface area contributed by atoms with Gasteiger partial charge in [0.15, 0.2) is 0 Å². The number of carboxylic acid groups (broad SMARTS) is 1. The van der Waals surface area contributed by atoms with Crippen molar-refractivity contribution in [3.63, 3.8) is 0 Å². The SMILES string of the molecule is CCC(CN1CCS(=O)CC1)N1C(=O)C(CC(=O)O)CCC1c1ccc(Cl)cc1. The topological polar surface area (TPSA) is 77.9 Å². The molecule has 2 aliphatic heterocycles. The summed E-state index contributed by atoms with van der Waals surface area (Å²) in [7, 11) is -0.741. The number of amides is 1. The molecule has 3 unspecified atom stereocenters. The average molecular weight is 441 g/mol. The number of carbonyl (C=O) groups is 2. The maximum atomic E-state index is 13.4. The van der Waals surface area contributed by atoms with Crippen molar-refractivity contribution in [1.82, 2.24) is 9.80 Å². The van der Waals surface area contributed by atoms with Gasteiger partial charge in [0, 0.05) is 58.9 Å². The van der Waals surface area contributed by atoms with Crippen LogP contribution in [0.5, 0.6) is 0 Å². The maximum absolute atomic E-state index is 13.4. The molecule has 8 heteroatoms. The van der Waals surface area contributed by atoms with E-state index in [0.717, 1.165) is 38.0 Å². The Balaban J connectivity index is 1.84. The molecule has 160 valence electrons. The molecule has 2 aliphatic rings. The summed E-state index contributed by atoms with van der Waals surface area (Å²) >= 11 is 6.05. The summed E-state index contributed by atoms with van der Waals surface area (Å²) in [6.07, 6.45) is 1.98. The third kappa shape index (κ3) is 5.58. The van der Waals surface area contributed by atoms with Crippen molar-refractivity contribution in [2.75, 3.05) is 31.1 Å². The molecule has 1 aromatic carbocycles. The van der Waals surface area contributed by atoms with Gasteiger partial charge in [0.1, 0.15) is 0 Å². The van der Waals surface area contributed by atoms with E-state index in [1.54, 1.807) is 0 Å². The molecule has 2 saturated heterocycles. The molecule has 1 aromatic rings. The number of hydrogen-bond donors (Lipinski definition) is 1. The smallest absolute Gasteiger partial charge is 0.304 e. The first kappa shape index (κ1) is 22.2. The lowest BCUT2D eigenvalue weighted by Gasteiger charge is -2.45. The van der Waals surface area contributed by atoms with Crippen LogP contribution in [0.25, 0.3) is 0 Å². The monoisotopic (exact) mass is 440 g/mol. The summed E-state index contributed by atoms with van der Waals surface area (Å²) in [6.45, 7) is 4.34. The fraction of sp³-hybridized carbons (Fsp3) is 0.619. The van der Waals surface area contributed by atoms with Crippen molar-refractivity contribution in [2.45, 2.75) is 44.7 Å². The first-order valence-corrected chi connectivity index (χ1v) is 12.1. The van der Waals surface area contributed by atoms with E-state index in [1.807, 2.05) is 29.2 Å². The van der Waals surface area contributed by atoms with Crippen molar-refractivity contribution in [1.29, 1.82) is 0 Å². The third-order valence-electron chi connectivity index (χ3n) is 6.01. The quantitative estimate of drug-likeness (QED) is 0.705. The van der Waals surface area contributed by atoms with Crippen LogP contribution in [-0.4, -0.2) is 68.2 Å². The molecule has 1 amide bonds. The summed E-state index contributed by atoms with van der Waals surface area (Å²) in [6, 6.07) is 7.51. The van der Waals surface area contributed by atoms with Crippen LogP contribution >= 0.6 is 11.6 Å². The Kier molecular flexibility index (Phi) is 7.71.